The van der Waals surface area contributed by atoms with Crippen LogP contribution in [0.15, 0.2) is 28.7 Å². The molecular formula is C16H21BrN4O2S2. The Morgan fingerprint density at radius 3 is 2.72 bits per heavy atom. The van der Waals surface area contributed by atoms with E-state index in [2.05, 4.69) is 37.8 Å². The molecule has 2 heterocycles. The molecule has 1 aliphatic rings. The summed E-state index contributed by atoms with van der Waals surface area (Å²) in [6.07, 6.45) is 1.64. The third-order valence-corrected chi connectivity index (χ3v) is 6.95. The topological polar surface area (TPSA) is 71.0 Å². The molecular weight excluding hydrogens is 424 g/mol. The van der Waals surface area contributed by atoms with Crippen molar-refractivity contribution < 1.29 is 8.42 Å². The molecule has 0 bridgehead atoms. The fourth-order valence-electron chi connectivity index (χ4n) is 3.09. The molecule has 0 saturated carbocycles. The Balaban J connectivity index is 1.81. The molecule has 9 heteroatoms. The molecule has 1 atom stereocenters. The number of nitrogens with one attached hydrogen (secondary N) is 1. The number of hydrogen-bond acceptors (Lipinski definition) is 5. The van der Waals surface area contributed by atoms with E-state index >= 15 is 0 Å². The molecule has 1 aromatic heterocycles. The predicted molar refractivity (Wildman–Crippen MR) is 105 cm³/mol. The first-order valence-electron chi connectivity index (χ1n) is 8.25. The number of aromatic nitrogens is 3. The number of benzene rings is 1. The molecule has 25 heavy (non-hydrogen) atoms. The average molecular weight is 445 g/mol. The van der Waals surface area contributed by atoms with Gasteiger partial charge in [0, 0.05) is 16.1 Å². The third kappa shape index (κ3) is 4.58. The molecule has 0 radical (unpaired) electrons. The van der Waals surface area contributed by atoms with Crippen LogP contribution in [-0.4, -0.2) is 52.2 Å². The summed E-state index contributed by atoms with van der Waals surface area (Å²) < 4.78 is 26.9. The minimum Gasteiger partial charge on any atom is -0.280 e. The zero-order chi connectivity index (χ0) is 18.0. The molecule has 6 nitrogen and oxygen atoms in total. The lowest BCUT2D eigenvalue weighted by atomic mass is 10.2. The predicted octanol–water partition coefficient (Wildman–Crippen LogP) is 3.23. The minimum atomic E-state index is -2.91. The second kappa shape index (κ2) is 7.69. The lowest BCUT2D eigenvalue weighted by Gasteiger charge is -2.27. The summed E-state index contributed by atoms with van der Waals surface area (Å²) in [5, 5.41) is 3.25. The van der Waals surface area contributed by atoms with Crippen molar-refractivity contribution in [1.82, 2.24) is 19.7 Å². The summed E-state index contributed by atoms with van der Waals surface area (Å²) in [5.41, 5.74) is 0.957. The van der Waals surface area contributed by atoms with E-state index in [0.717, 1.165) is 23.0 Å². The fraction of sp³-hybridized carbons (Fsp3) is 0.500. The second-order valence-electron chi connectivity index (χ2n) is 6.30. The van der Waals surface area contributed by atoms with Crippen LogP contribution >= 0.6 is 28.1 Å². The number of aromatic amines is 1. The first-order valence-corrected chi connectivity index (χ1v) is 11.3. The lowest BCUT2D eigenvalue weighted by Crippen LogP contribution is -2.38. The van der Waals surface area contributed by atoms with Crippen molar-refractivity contribution in [2.24, 2.45) is 0 Å². The van der Waals surface area contributed by atoms with E-state index in [-0.39, 0.29) is 17.5 Å². The molecule has 2 aromatic rings. The fourth-order valence-corrected chi connectivity index (χ4v) is 5.31. The van der Waals surface area contributed by atoms with Gasteiger partial charge in [-0.1, -0.05) is 35.0 Å². The van der Waals surface area contributed by atoms with E-state index in [1.54, 1.807) is 0 Å². The van der Waals surface area contributed by atoms with Gasteiger partial charge in [0.15, 0.2) is 15.7 Å². The number of H-pyrrole nitrogens is 1. The van der Waals surface area contributed by atoms with Crippen LogP contribution < -0.4 is 0 Å². The monoisotopic (exact) mass is 444 g/mol. The van der Waals surface area contributed by atoms with Gasteiger partial charge in [0.25, 0.3) is 0 Å². The molecule has 1 saturated heterocycles. The molecule has 136 valence electrons. The van der Waals surface area contributed by atoms with E-state index in [1.807, 2.05) is 28.9 Å². The van der Waals surface area contributed by atoms with Crippen LogP contribution in [0.1, 0.15) is 19.8 Å². The zero-order valence-electron chi connectivity index (χ0n) is 14.0. The second-order valence-corrected chi connectivity index (χ2v) is 9.81. The highest BCUT2D eigenvalue weighted by atomic mass is 79.9. The summed E-state index contributed by atoms with van der Waals surface area (Å²) in [6.45, 7) is 3.45. The zero-order valence-corrected chi connectivity index (χ0v) is 17.2. The Morgan fingerprint density at radius 2 is 2.12 bits per heavy atom. The quantitative estimate of drug-likeness (QED) is 0.692. The van der Waals surface area contributed by atoms with Gasteiger partial charge in [-0.05, 0) is 43.7 Å². The summed E-state index contributed by atoms with van der Waals surface area (Å²) in [5.74, 6) is 1.22. The molecule has 1 fully saturated rings. The first-order chi connectivity index (χ1) is 11.9. The van der Waals surface area contributed by atoms with Crippen molar-refractivity contribution >= 4 is 38.0 Å². The highest BCUT2D eigenvalue weighted by molar-refractivity contribution is 9.10. The van der Waals surface area contributed by atoms with Crippen molar-refractivity contribution in [2.45, 2.75) is 32.5 Å². The molecule has 1 aliphatic heterocycles. The van der Waals surface area contributed by atoms with Gasteiger partial charge in [0.1, 0.15) is 0 Å². The van der Waals surface area contributed by atoms with E-state index in [4.69, 9.17) is 12.2 Å². The highest BCUT2D eigenvalue weighted by Crippen LogP contribution is 2.21. The lowest BCUT2D eigenvalue weighted by molar-refractivity contribution is 0.155. The maximum atomic E-state index is 11.8. The summed E-state index contributed by atoms with van der Waals surface area (Å²) in [4.78, 5) is 6.63. The van der Waals surface area contributed by atoms with E-state index in [9.17, 15) is 8.42 Å². The standard InChI is InChI=1S/C16H21BrN4O2S2/c1-2-8-20(14-7-9-25(22,23)10-14)11-21-16(24)18-15(19-21)12-3-5-13(17)6-4-12/h3-6,14H,2,7-11H2,1H3,(H,18,19,24)/t14-/m0/s1. The summed E-state index contributed by atoms with van der Waals surface area (Å²) in [7, 11) is -2.91. The number of hydrogen-bond donors (Lipinski definition) is 1. The van der Waals surface area contributed by atoms with Crippen LogP contribution in [0.4, 0.5) is 0 Å². The Hall–Kier alpha value is -1.03. The van der Waals surface area contributed by atoms with Crippen LogP contribution in [0.2, 0.25) is 0 Å². The van der Waals surface area contributed by atoms with Crippen LogP contribution in [-0.2, 0) is 16.5 Å². The van der Waals surface area contributed by atoms with Crippen LogP contribution in [0.5, 0.6) is 0 Å². The van der Waals surface area contributed by atoms with Gasteiger partial charge in [0.05, 0.1) is 18.2 Å². The largest absolute Gasteiger partial charge is 0.280 e. The normalized spacial score (nSPS) is 19.6. The highest BCUT2D eigenvalue weighted by Gasteiger charge is 2.32. The molecule has 0 amide bonds. The van der Waals surface area contributed by atoms with Crippen molar-refractivity contribution in [1.29, 1.82) is 0 Å². The molecule has 3 rings (SSSR count). The molecule has 1 aromatic carbocycles. The van der Waals surface area contributed by atoms with E-state index < -0.39 is 9.84 Å². The third-order valence-electron chi connectivity index (χ3n) is 4.36. The Kier molecular flexibility index (Phi) is 5.77. The summed E-state index contributed by atoms with van der Waals surface area (Å²) in [6, 6.07) is 7.90. The molecule has 1 N–H and O–H groups in total. The van der Waals surface area contributed by atoms with Gasteiger partial charge in [-0.2, -0.15) is 4.98 Å². The van der Waals surface area contributed by atoms with Crippen LogP contribution in [0.25, 0.3) is 11.4 Å². The Labute approximate surface area is 161 Å². The number of nitrogens with zero attached hydrogens (tertiary/aromatic N) is 3. The van der Waals surface area contributed by atoms with Crippen molar-refractivity contribution in [3.05, 3.63) is 33.5 Å². The summed E-state index contributed by atoms with van der Waals surface area (Å²) >= 11 is 8.81. The van der Waals surface area contributed by atoms with Crippen molar-refractivity contribution in [3.8, 4) is 11.4 Å². The van der Waals surface area contributed by atoms with Gasteiger partial charge in [-0.25, -0.2) is 13.1 Å². The smallest absolute Gasteiger partial charge is 0.217 e. The Bertz CT molecular complexity index is 890. The van der Waals surface area contributed by atoms with Crippen LogP contribution in [0, 0.1) is 4.77 Å². The van der Waals surface area contributed by atoms with Crippen molar-refractivity contribution in [2.75, 3.05) is 18.1 Å². The minimum absolute atomic E-state index is 0.0475. The maximum absolute atomic E-state index is 11.8. The van der Waals surface area contributed by atoms with Gasteiger partial charge in [-0.15, -0.1) is 0 Å². The van der Waals surface area contributed by atoms with Gasteiger partial charge in [-0.3, -0.25) is 10.00 Å². The molecule has 0 spiro atoms. The van der Waals surface area contributed by atoms with Gasteiger partial charge < -0.3 is 0 Å². The van der Waals surface area contributed by atoms with Crippen LogP contribution in [0.3, 0.4) is 0 Å². The Morgan fingerprint density at radius 1 is 1.40 bits per heavy atom. The van der Waals surface area contributed by atoms with Crippen molar-refractivity contribution in [3.63, 3.8) is 0 Å². The number of halogens is 1. The SMILES string of the molecule is CCCN(Cn1[nH]c(-c2ccc(Br)cc2)nc1=S)[C@H]1CCS(=O)(=O)C1. The van der Waals surface area contributed by atoms with E-state index in [0.29, 0.717) is 23.7 Å². The van der Waals surface area contributed by atoms with E-state index in [1.165, 1.54) is 0 Å². The number of rotatable bonds is 6. The maximum Gasteiger partial charge on any atom is 0.217 e. The van der Waals surface area contributed by atoms with Gasteiger partial charge in [0.2, 0.25) is 4.77 Å². The first kappa shape index (κ1) is 18.8. The average Bonchev–Trinajstić information content (AvgIpc) is 3.10. The molecule has 0 aliphatic carbocycles. The number of sulfone groups is 1. The van der Waals surface area contributed by atoms with Gasteiger partial charge >= 0.3 is 0 Å². The molecule has 0 unspecified atom stereocenters.